The lowest BCUT2D eigenvalue weighted by Crippen LogP contribution is -2.31. The Hall–Kier alpha value is -2.57. The van der Waals surface area contributed by atoms with Gasteiger partial charge in [0, 0.05) is 36.6 Å². The molecule has 4 rings (SSSR count). The number of carbonyl (C=O) groups is 1. The van der Waals surface area contributed by atoms with E-state index >= 15 is 0 Å². The van der Waals surface area contributed by atoms with Crippen molar-refractivity contribution in [2.45, 2.75) is 13.0 Å². The normalized spacial score (nSPS) is 16.1. The summed E-state index contributed by atoms with van der Waals surface area (Å²) in [4.78, 5) is 26.8. The summed E-state index contributed by atoms with van der Waals surface area (Å²) < 4.78 is 3.07. The fourth-order valence-electron chi connectivity index (χ4n) is 3.48. The first-order valence-electron chi connectivity index (χ1n) is 8.28. The van der Waals surface area contributed by atoms with Crippen molar-refractivity contribution in [3.8, 4) is 0 Å². The van der Waals surface area contributed by atoms with E-state index < -0.39 is 0 Å². The maximum Gasteiger partial charge on any atom is 0.280 e. The van der Waals surface area contributed by atoms with Crippen LogP contribution in [0.1, 0.15) is 33.4 Å². The maximum atomic E-state index is 13.2. The lowest BCUT2D eigenvalue weighted by Gasteiger charge is -2.27. The van der Waals surface area contributed by atoms with Gasteiger partial charge in [-0.2, -0.15) is 5.10 Å². The van der Waals surface area contributed by atoms with Gasteiger partial charge in [0.1, 0.15) is 5.02 Å². The number of amides is 1. The van der Waals surface area contributed by atoms with Gasteiger partial charge in [0.25, 0.3) is 11.5 Å². The van der Waals surface area contributed by atoms with Crippen LogP contribution in [0.15, 0.2) is 41.3 Å². The summed E-state index contributed by atoms with van der Waals surface area (Å²) in [6.07, 6.45) is 1.61. The summed E-state index contributed by atoms with van der Waals surface area (Å²) in [5, 5.41) is 5.07. The summed E-state index contributed by atoms with van der Waals surface area (Å²) in [6.45, 7) is 1.93. The van der Waals surface area contributed by atoms with Crippen molar-refractivity contribution in [2.75, 3.05) is 4.90 Å². The molecule has 2 aromatic heterocycles. The van der Waals surface area contributed by atoms with Crippen molar-refractivity contribution < 1.29 is 4.79 Å². The molecule has 3 aromatic rings. The molecule has 8 heteroatoms. The number of halogens is 2. The molecule has 1 atom stereocenters. The van der Waals surface area contributed by atoms with Crippen LogP contribution in [0.4, 0.5) is 5.69 Å². The lowest BCUT2D eigenvalue weighted by molar-refractivity contribution is 0.0988. The molecule has 27 heavy (non-hydrogen) atoms. The third kappa shape index (κ3) is 2.67. The SMILES string of the molecule is Cc1c2c(nn1C)C(=O)N(c1cc(Cl)c(=O)n(C)c1)[C@@H]2c1ccc(Cl)cc1. The molecule has 0 N–H and O–H groups in total. The monoisotopic (exact) mass is 402 g/mol. The zero-order valence-corrected chi connectivity index (χ0v) is 16.4. The summed E-state index contributed by atoms with van der Waals surface area (Å²) in [6, 6.07) is 8.49. The molecular weight excluding hydrogens is 387 g/mol. The van der Waals surface area contributed by atoms with E-state index in [9.17, 15) is 9.59 Å². The highest BCUT2D eigenvalue weighted by Crippen LogP contribution is 2.43. The van der Waals surface area contributed by atoms with Crippen molar-refractivity contribution >= 4 is 34.8 Å². The molecule has 0 unspecified atom stereocenters. The van der Waals surface area contributed by atoms with Crippen molar-refractivity contribution in [3.05, 3.63) is 79.4 Å². The number of anilines is 1. The Kier molecular flexibility index (Phi) is 4.13. The second kappa shape index (κ2) is 6.25. The van der Waals surface area contributed by atoms with E-state index in [4.69, 9.17) is 23.2 Å². The van der Waals surface area contributed by atoms with E-state index in [1.807, 2.05) is 26.1 Å². The smallest absolute Gasteiger partial charge is 0.280 e. The Labute approximate surface area is 165 Å². The second-order valence-electron chi connectivity index (χ2n) is 6.56. The van der Waals surface area contributed by atoms with Crippen LogP contribution in [-0.2, 0) is 14.1 Å². The van der Waals surface area contributed by atoms with Gasteiger partial charge in [0.15, 0.2) is 5.69 Å². The van der Waals surface area contributed by atoms with Crippen LogP contribution >= 0.6 is 23.2 Å². The standard InChI is InChI=1S/C19H16Cl2N4O2/c1-10-15-16(22-24(10)3)19(27)25(13-8-14(21)18(26)23(2)9-13)17(15)11-4-6-12(20)7-5-11/h4-9,17H,1-3H3/t17-/m1/s1. The first-order valence-corrected chi connectivity index (χ1v) is 9.04. The molecule has 0 aliphatic carbocycles. The molecule has 1 aliphatic rings. The Morgan fingerprint density at radius 3 is 2.37 bits per heavy atom. The number of aromatic nitrogens is 3. The largest absolute Gasteiger partial charge is 0.315 e. The van der Waals surface area contributed by atoms with Crippen molar-refractivity contribution in [1.82, 2.24) is 14.3 Å². The number of aryl methyl sites for hydroxylation is 2. The van der Waals surface area contributed by atoms with Crippen molar-refractivity contribution in [1.29, 1.82) is 0 Å². The van der Waals surface area contributed by atoms with E-state index in [2.05, 4.69) is 5.10 Å². The average Bonchev–Trinajstić information content (AvgIpc) is 3.08. The summed E-state index contributed by atoms with van der Waals surface area (Å²) in [5.74, 6) is -0.233. The van der Waals surface area contributed by atoms with E-state index in [1.54, 1.807) is 35.0 Å². The number of carbonyl (C=O) groups excluding carboxylic acids is 1. The maximum absolute atomic E-state index is 13.2. The van der Waals surface area contributed by atoms with Gasteiger partial charge < -0.3 is 4.57 Å². The molecule has 0 radical (unpaired) electrons. The minimum Gasteiger partial charge on any atom is -0.315 e. The third-order valence-electron chi connectivity index (χ3n) is 4.92. The van der Waals surface area contributed by atoms with Crippen LogP contribution in [0.2, 0.25) is 10.0 Å². The Bertz CT molecular complexity index is 1110. The lowest BCUT2D eigenvalue weighted by atomic mass is 9.99. The molecule has 0 fully saturated rings. The summed E-state index contributed by atoms with van der Waals surface area (Å²) in [7, 11) is 3.42. The fraction of sp³-hybridized carbons (Fsp3) is 0.211. The number of fused-ring (bicyclic) bond motifs is 1. The van der Waals surface area contributed by atoms with Crippen LogP contribution < -0.4 is 10.5 Å². The fourth-order valence-corrected chi connectivity index (χ4v) is 3.85. The van der Waals surface area contributed by atoms with Gasteiger partial charge in [0.2, 0.25) is 0 Å². The molecule has 1 aromatic carbocycles. The molecule has 0 saturated heterocycles. The number of nitrogens with zero attached hydrogens (tertiary/aromatic N) is 4. The Balaban J connectivity index is 1.96. The molecule has 1 aliphatic heterocycles. The van der Waals surface area contributed by atoms with Crippen LogP contribution in [0.5, 0.6) is 0 Å². The summed E-state index contributed by atoms with van der Waals surface area (Å²) in [5.41, 5.74) is 3.26. The van der Waals surface area contributed by atoms with E-state index in [0.29, 0.717) is 16.4 Å². The first-order chi connectivity index (χ1) is 12.8. The van der Waals surface area contributed by atoms with Crippen LogP contribution in [0.3, 0.4) is 0 Å². The molecule has 0 saturated carbocycles. The number of hydrogen-bond acceptors (Lipinski definition) is 3. The number of pyridine rings is 1. The highest BCUT2D eigenvalue weighted by Gasteiger charge is 2.43. The van der Waals surface area contributed by atoms with E-state index in [0.717, 1.165) is 16.8 Å². The van der Waals surface area contributed by atoms with Gasteiger partial charge in [-0.15, -0.1) is 0 Å². The molecule has 6 nitrogen and oxygen atoms in total. The zero-order valence-electron chi connectivity index (χ0n) is 14.9. The van der Waals surface area contributed by atoms with Crippen molar-refractivity contribution in [3.63, 3.8) is 0 Å². The van der Waals surface area contributed by atoms with Gasteiger partial charge in [-0.05, 0) is 30.7 Å². The summed E-state index contributed by atoms with van der Waals surface area (Å²) >= 11 is 12.1. The van der Waals surface area contributed by atoms with Crippen LogP contribution in [0, 0.1) is 6.92 Å². The molecule has 138 valence electrons. The Morgan fingerprint density at radius 2 is 1.74 bits per heavy atom. The number of hydrogen-bond donors (Lipinski definition) is 0. The number of rotatable bonds is 2. The molecule has 0 spiro atoms. The highest BCUT2D eigenvalue weighted by atomic mass is 35.5. The predicted molar refractivity (Wildman–Crippen MR) is 105 cm³/mol. The first kappa shape index (κ1) is 17.8. The van der Waals surface area contributed by atoms with Crippen LogP contribution in [-0.4, -0.2) is 20.3 Å². The van der Waals surface area contributed by atoms with Gasteiger partial charge in [-0.3, -0.25) is 19.2 Å². The molecule has 3 heterocycles. The van der Waals surface area contributed by atoms with Crippen molar-refractivity contribution in [2.24, 2.45) is 14.1 Å². The minimum absolute atomic E-state index is 0.0551. The molecular formula is C19H16Cl2N4O2. The number of benzene rings is 1. The molecule has 0 bridgehead atoms. The zero-order chi connectivity index (χ0) is 19.5. The van der Waals surface area contributed by atoms with Gasteiger partial charge in [-0.1, -0.05) is 35.3 Å². The van der Waals surface area contributed by atoms with Gasteiger partial charge in [0.05, 0.1) is 11.7 Å². The van der Waals surface area contributed by atoms with E-state index in [1.165, 1.54) is 10.6 Å². The Morgan fingerprint density at radius 1 is 1.07 bits per heavy atom. The minimum atomic E-state index is -0.382. The highest BCUT2D eigenvalue weighted by molar-refractivity contribution is 6.31. The van der Waals surface area contributed by atoms with Gasteiger partial charge in [-0.25, -0.2) is 0 Å². The second-order valence-corrected chi connectivity index (χ2v) is 7.41. The average molecular weight is 403 g/mol. The van der Waals surface area contributed by atoms with Gasteiger partial charge >= 0.3 is 0 Å². The van der Waals surface area contributed by atoms with Crippen LogP contribution in [0.25, 0.3) is 0 Å². The topological polar surface area (TPSA) is 60.1 Å². The quantitative estimate of drug-likeness (QED) is 0.658. The predicted octanol–water partition coefficient (Wildman–Crippen LogP) is 3.48. The van der Waals surface area contributed by atoms with E-state index in [-0.39, 0.29) is 22.5 Å². The molecule has 1 amide bonds. The third-order valence-corrected chi connectivity index (χ3v) is 5.45.